The van der Waals surface area contributed by atoms with Gasteiger partial charge < -0.3 is 39.2 Å². The maximum absolute atomic E-state index is 12.8. The molecule has 0 spiro atoms. The monoisotopic (exact) mass is 926 g/mol. The number of carbonyl (C=O) groups is 3. The SMILES string of the molecule is CN(C)CCCNc1ccc(S(=O)(=O)Oc2ccc3nc(NC(=O)C4CC4)[nH]c3c2)cc1.NC(=O)[C@H]1CCCN1c1ccc(S(=O)(=O)Oc2ccc3nc(NC(=O)C4CC4)[nH]c3c2)cc1. The van der Waals surface area contributed by atoms with E-state index in [9.17, 15) is 31.2 Å². The van der Waals surface area contributed by atoms with Crippen molar-refractivity contribution in [1.82, 2.24) is 24.8 Å². The molecule has 0 bridgehead atoms. The molecule has 6 aromatic rings. The molecule has 21 heteroatoms. The number of H-pyrrole nitrogens is 2. The average Bonchev–Trinajstić information content (AvgIpc) is 4.18. The van der Waals surface area contributed by atoms with Crippen molar-refractivity contribution < 1.29 is 39.6 Å². The van der Waals surface area contributed by atoms with Crippen LogP contribution in [0.3, 0.4) is 0 Å². The van der Waals surface area contributed by atoms with Gasteiger partial charge in [-0.1, -0.05) is 0 Å². The molecule has 1 aliphatic heterocycles. The van der Waals surface area contributed by atoms with Crippen LogP contribution in [0.1, 0.15) is 44.9 Å². The normalized spacial score (nSPS) is 16.2. The summed E-state index contributed by atoms with van der Waals surface area (Å²) in [6.45, 7) is 2.46. The van der Waals surface area contributed by atoms with Gasteiger partial charge in [-0.3, -0.25) is 25.0 Å². The van der Waals surface area contributed by atoms with E-state index in [1.807, 2.05) is 19.0 Å². The van der Waals surface area contributed by atoms with Gasteiger partial charge in [0.15, 0.2) is 0 Å². The largest absolute Gasteiger partial charge is 0.385 e. The molecule has 3 fully saturated rings. The number of hydrogen-bond donors (Lipinski definition) is 6. The second kappa shape index (κ2) is 18.8. The zero-order valence-corrected chi connectivity index (χ0v) is 37.4. The molecule has 2 saturated carbocycles. The van der Waals surface area contributed by atoms with Crippen LogP contribution in [0, 0.1) is 11.8 Å². The lowest BCUT2D eigenvalue weighted by Crippen LogP contribution is -2.40. The van der Waals surface area contributed by atoms with Crippen molar-refractivity contribution in [2.45, 2.75) is 60.8 Å². The second-order valence-electron chi connectivity index (χ2n) is 16.5. The number of rotatable bonds is 17. The zero-order chi connectivity index (χ0) is 45.9. The molecule has 4 aromatic carbocycles. The van der Waals surface area contributed by atoms with Crippen molar-refractivity contribution >= 4 is 83.3 Å². The molecule has 342 valence electrons. The summed E-state index contributed by atoms with van der Waals surface area (Å²) < 4.78 is 61.6. The summed E-state index contributed by atoms with van der Waals surface area (Å²) in [6, 6.07) is 21.6. The van der Waals surface area contributed by atoms with Crippen molar-refractivity contribution in [3.05, 3.63) is 84.9 Å². The number of nitrogens with two attached hydrogens (primary N) is 1. The number of nitrogens with zero attached hydrogens (tertiary/aromatic N) is 4. The molecule has 19 nitrogen and oxygen atoms in total. The van der Waals surface area contributed by atoms with Crippen LogP contribution in [0.5, 0.6) is 11.5 Å². The molecule has 2 aliphatic carbocycles. The summed E-state index contributed by atoms with van der Waals surface area (Å²) in [5, 5.41) is 8.74. The second-order valence-corrected chi connectivity index (χ2v) is 19.6. The van der Waals surface area contributed by atoms with Crippen LogP contribution in [0.25, 0.3) is 22.1 Å². The Morgan fingerprint density at radius 2 is 1.22 bits per heavy atom. The maximum Gasteiger partial charge on any atom is 0.339 e. The highest BCUT2D eigenvalue weighted by molar-refractivity contribution is 7.87. The van der Waals surface area contributed by atoms with E-state index < -0.39 is 26.1 Å². The molecule has 0 radical (unpaired) electrons. The van der Waals surface area contributed by atoms with Gasteiger partial charge in [-0.15, -0.1) is 0 Å². The minimum absolute atomic E-state index is 0.0110. The first kappa shape index (κ1) is 44.9. The van der Waals surface area contributed by atoms with Gasteiger partial charge >= 0.3 is 20.2 Å². The Balaban J connectivity index is 0.000000177. The van der Waals surface area contributed by atoms with Gasteiger partial charge in [-0.2, -0.15) is 16.8 Å². The first-order chi connectivity index (χ1) is 31.1. The Bertz CT molecular complexity index is 2930. The molecule has 0 unspecified atom stereocenters. The van der Waals surface area contributed by atoms with Crippen LogP contribution in [0.4, 0.5) is 23.3 Å². The van der Waals surface area contributed by atoms with Gasteiger partial charge in [-0.05, 0) is 138 Å². The van der Waals surface area contributed by atoms with E-state index in [-0.39, 0.29) is 51.0 Å². The van der Waals surface area contributed by atoms with Crippen molar-refractivity contribution in [1.29, 1.82) is 0 Å². The summed E-state index contributed by atoms with van der Waals surface area (Å²) in [7, 11) is -4.02. The number of primary amides is 1. The van der Waals surface area contributed by atoms with E-state index in [0.717, 1.165) is 63.0 Å². The average molecular weight is 927 g/mol. The summed E-state index contributed by atoms with van der Waals surface area (Å²) in [5.74, 6) is 0.506. The summed E-state index contributed by atoms with van der Waals surface area (Å²) in [5.41, 5.74) is 9.33. The Hall–Kier alpha value is -6.71. The third-order valence-corrected chi connectivity index (χ3v) is 13.5. The topological polar surface area (TPSA) is 264 Å². The molecule has 9 rings (SSSR count). The molecule has 3 aliphatic rings. The minimum Gasteiger partial charge on any atom is -0.385 e. The Kier molecular flexibility index (Phi) is 13.0. The Morgan fingerprint density at radius 3 is 1.68 bits per heavy atom. The number of carbonyl (C=O) groups excluding carboxylic acids is 3. The molecular formula is C44H50N10O9S2. The van der Waals surface area contributed by atoms with Crippen LogP contribution < -0.4 is 35.0 Å². The fraction of sp³-hybridized carbons (Fsp3) is 0.341. The summed E-state index contributed by atoms with van der Waals surface area (Å²) in [4.78, 5) is 54.1. The van der Waals surface area contributed by atoms with Crippen LogP contribution >= 0.6 is 0 Å². The molecule has 2 aromatic heterocycles. The number of anilines is 4. The number of benzene rings is 4. The summed E-state index contributed by atoms with van der Waals surface area (Å²) in [6.07, 6.45) is 6.07. The van der Waals surface area contributed by atoms with E-state index in [1.54, 1.807) is 42.5 Å². The third kappa shape index (κ3) is 11.3. The number of aromatic amines is 2. The quantitative estimate of drug-likeness (QED) is 0.0509. The third-order valence-electron chi connectivity index (χ3n) is 11.0. The fourth-order valence-electron chi connectivity index (χ4n) is 7.22. The number of nitrogens with one attached hydrogen (secondary N) is 5. The van der Waals surface area contributed by atoms with Gasteiger partial charge in [0.25, 0.3) is 0 Å². The fourth-order valence-corrected chi connectivity index (χ4v) is 9.07. The predicted molar refractivity (Wildman–Crippen MR) is 245 cm³/mol. The van der Waals surface area contributed by atoms with E-state index in [0.29, 0.717) is 46.9 Å². The Morgan fingerprint density at radius 1 is 0.723 bits per heavy atom. The van der Waals surface area contributed by atoms with Gasteiger partial charge in [0.1, 0.15) is 27.3 Å². The number of aromatic nitrogens is 4. The van der Waals surface area contributed by atoms with Gasteiger partial charge in [0.2, 0.25) is 29.6 Å². The van der Waals surface area contributed by atoms with Gasteiger partial charge in [0.05, 0.1) is 22.1 Å². The highest BCUT2D eigenvalue weighted by Crippen LogP contribution is 2.33. The van der Waals surface area contributed by atoms with E-state index >= 15 is 0 Å². The first-order valence-corrected chi connectivity index (χ1v) is 24.1. The van der Waals surface area contributed by atoms with Crippen LogP contribution in [-0.4, -0.2) is 99.2 Å². The Labute approximate surface area is 375 Å². The lowest BCUT2D eigenvalue weighted by molar-refractivity contribution is -0.119. The van der Waals surface area contributed by atoms with Gasteiger partial charge in [-0.25, -0.2) is 9.97 Å². The minimum atomic E-state index is -4.08. The highest BCUT2D eigenvalue weighted by Gasteiger charge is 2.32. The lowest BCUT2D eigenvalue weighted by Gasteiger charge is -2.24. The number of hydrogen-bond acceptors (Lipinski definition) is 14. The summed E-state index contributed by atoms with van der Waals surface area (Å²) >= 11 is 0. The molecule has 1 atom stereocenters. The zero-order valence-electron chi connectivity index (χ0n) is 35.7. The molecule has 3 amide bonds. The highest BCUT2D eigenvalue weighted by atomic mass is 32.2. The van der Waals surface area contributed by atoms with E-state index in [2.05, 4.69) is 40.8 Å². The van der Waals surface area contributed by atoms with Crippen molar-refractivity contribution in [3.8, 4) is 11.5 Å². The van der Waals surface area contributed by atoms with Crippen molar-refractivity contribution in [2.24, 2.45) is 17.6 Å². The van der Waals surface area contributed by atoms with Crippen LogP contribution in [0.2, 0.25) is 0 Å². The standard InChI is InChI=1S/C22H23N5O5S.C22H27N5O4S/c23-20(28)19-2-1-11-27(19)14-5-8-16(9-6-14)33(30,31)32-15-7-10-17-18(12-15)25-22(24-17)26-21(29)13-3-4-13;1-27(2)13-3-12-23-16-6-9-18(10-7-16)32(29,30)31-17-8-11-19-20(14-17)25-22(24-19)26-21(28)15-4-5-15/h5-10,12-13,19H,1-4,11H2,(H2,23,28)(H2,24,25,26,29);6-11,14-15,23H,3-5,12-13H2,1-2H3,(H2,24,25,26,28)/t19-;/m1./s1. The van der Waals surface area contributed by atoms with E-state index in [1.165, 1.54) is 42.5 Å². The van der Waals surface area contributed by atoms with Crippen LogP contribution in [0.15, 0.2) is 94.7 Å². The molecule has 7 N–H and O–H groups in total. The predicted octanol–water partition coefficient (Wildman–Crippen LogP) is 5.18. The molecule has 3 heterocycles. The lowest BCUT2D eigenvalue weighted by atomic mass is 10.2. The molecule has 65 heavy (non-hydrogen) atoms. The smallest absolute Gasteiger partial charge is 0.339 e. The maximum atomic E-state index is 12.8. The number of amides is 3. The van der Waals surface area contributed by atoms with E-state index in [4.69, 9.17) is 14.1 Å². The molecule has 1 saturated heterocycles. The van der Waals surface area contributed by atoms with Crippen molar-refractivity contribution in [2.75, 3.05) is 54.6 Å². The van der Waals surface area contributed by atoms with Crippen LogP contribution in [-0.2, 0) is 34.6 Å². The van der Waals surface area contributed by atoms with Crippen molar-refractivity contribution in [3.63, 3.8) is 0 Å². The molecular weight excluding hydrogens is 877 g/mol. The van der Waals surface area contributed by atoms with Gasteiger partial charge in [0, 0.05) is 48.4 Å². The number of fused-ring (bicyclic) bond motifs is 2. The number of imidazole rings is 2. The first-order valence-electron chi connectivity index (χ1n) is 21.3.